The summed E-state index contributed by atoms with van der Waals surface area (Å²) in [6.45, 7) is 6.11. The molecule has 0 saturated carbocycles. The molecule has 0 spiro atoms. The molecule has 2 saturated heterocycles. The van der Waals surface area contributed by atoms with Gasteiger partial charge in [-0.2, -0.15) is 13.2 Å². The number of alkyl halides is 3. The zero-order valence-corrected chi connectivity index (χ0v) is 17.1. The molecular formula is C22H31F3N2O2. The summed E-state index contributed by atoms with van der Waals surface area (Å²) in [6.07, 6.45) is -2.48. The van der Waals surface area contributed by atoms with Crippen molar-refractivity contribution in [3.63, 3.8) is 0 Å². The van der Waals surface area contributed by atoms with Gasteiger partial charge in [-0.25, -0.2) is 0 Å². The molecule has 7 heteroatoms. The van der Waals surface area contributed by atoms with E-state index in [-0.39, 0.29) is 18.6 Å². The number of carbonyl (C=O) groups is 1. The van der Waals surface area contributed by atoms with Crippen molar-refractivity contribution in [2.24, 2.45) is 5.92 Å². The van der Waals surface area contributed by atoms with E-state index in [2.05, 4.69) is 24.0 Å². The van der Waals surface area contributed by atoms with Gasteiger partial charge < -0.3 is 9.64 Å². The zero-order valence-electron chi connectivity index (χ0n) is 17.1. The minimum atomic E-state index is -4.47. The van der Waals surface area contributed by atoms with E-state index in [0.29, 0.717) is 13.2 Å². The lowest BCUT2D eigenvalue weighted by Gasteiger charge is -2.36. The number of amides is 1. The zero-order chi connectivity index (χ0) is 20.9. The minimum absolute atomic E-state index is 0.131. The number of hydrogen-bond donors (Lipinski definition) is 0. The van der Waals surface area contributed by atoms with Crippen molar-refractivity contribution < 1.29 is 22.7 Å². The summed E-state index contributed by atoms with van der Waals surface area (Å²) in [7, 11) is 0. The Bertz CT molecular complexity index is 666. The highest BCUT2D eigenvalue weighted by molar-refractivity contribution is 5.76. The third-order valence-corrected chi connectivity index (χ3v) is 5.99. The van der Waals surface area contributed by atoms with Crippen molar-refractivity contribution in [2.45, 2.75) is 57.9 Å². The second-order valence-electron chi connectivity index (χ2n) is 8.37. The number of aryl methyl sites for hydroxylation is 1. The third-order valence-electron chi connectivity index (χ3n) is 5.99. The largest absolute Gasteiger partial charge is 0.397 e. The number of halogens is 3. The van der Waals surface area contributed by atoms with Crippen LogP contribution in [0.5, 0.6) is 0 Å². The first-order valence-electron chi connectivity index (χ1n) is 10.5. The molecule has 0 aliphatic carbocycles. The van der Waals surface area contributed by atoms with Crippen molar-refractivity contribution in [3.05, 3.63) is 35.4 Å². The molecule has 2 aliphatic heterocycles. The Balaban J connectivity index is 1.52. The molecule has 2 heterocycles. The summed E-state index contributed by atoms with van der Waals surface area (Å²) in [5.74, 6) is -0.586. The summed E-state index contributed by atoms with van der Waals surface area (Å²) in [5.41, 5.74) is 2.58. The van der Waals surface area contributed by atoms with Crippen molar-refractivity contribution in [2.75, 3.05) is 32.8 Å². The van der Waals surface area contributed by atoms with E-state index in [9.17, 15) is 18.0 Å². The van der Waals surface area contributed by atoms with E-state index in [0.717, 1.165) is 45.3 Å². The lowest BCUT2D eigenvalue weighted by molar-refractivity contribution is -0.163. The van der Waals surface area contributed by atoms with Gasteiger partial charge in [-0.15, -0.1) is 0 Å². The first-order chi connectivity index (χ1) is 13.8. The molecule has 29 heavy (non-hydrogen) atoms. The van der Waals surface area contributed by atoms with Crippen LogP contribution in [0, 0.1) is 12.8 Å². The van der Waals surface area contributed by atoms with E-state index in [1.807, 2.05) is 12.1 Å². The predicted molar refractivity (Wildman–Crippen MR) is 105 cm³/mol. The standard InChI is InChI=1S/C22H31F3N2O2/c1-17-5-2-3-6-19(17)15-26-10-8-18(9-11-26)14-27(16-20-7-4-12-29-20)21(28)13-22(23,24)25/h2-3,5-6,18,20H,4,7-16H2,1H3. The van der Waals surface area contributed by atoms with Crippen LogP contribution in [-0.4, -0.2) is 60.8 Å². The van der Waals surface area contributed by atoms with Gasteiger partial charge in [0.15, 0.2) is 0 Å². The highest BCUT2D eigenvalue weighted by atomic mass is 19.4. The molecule has 1 aromatic carbocycles. The van der Waals surface area contributed by atoms with Gasteiger partial charge in [-0.3, -0.25) is 9.69 Å². The van der Waals surface area contributed by atoms with Crippen LogP contribution in [0.2, 0.25) is 0 Å². The smallest absolute Gasteiger partial charge is 0.376 e. The van der Waals surface area contributed by atoms with Crippen LogP contribution >= 0.6 is 0 Å². The second-order valence-corrected chi connectivity index (χ2v) is 8.37. The molecule has 0 aromatic heterocycles. The number of hydrogen-bond acceptors (Lipinski definition) is 3. The summed E-state index contributed by atoms with van der Waals surface area (Å²) >= 11 is 0. The maximum atomic E-state index is 12.8. The average Bonchev–Trinajstić information content (AvgIpc) is 3.16. The lowest BCUT2D eigenvalue weighted by Crippen LogP contribution is -2.44. The van der Waals surface area contributed by atoms with Crippen molar-refractivity contribution in [3.8, 4) is 0 Å². The van der Waals surface area contributed by atoms with Gasteiger partial charge in [-0.05, 0) is 62.7 Å². The van der Waals surface area contributed by atoms with Crippen molar-refractivity contribution in [1.82, 2.24) is 9.80 Å². The molecule has 1 aromatic rings. The van der Waals surface area contributed by atoms with E-state index >= 15 is 0 Å². The van der Waals surface area contributed by atoms with Crippen LogP contribution in [0.1, 0.15) is 43.2 Å². The van der Waals surface area contributed by atoms with Gasteiger partial charge in [0.05, 0.1) is 6.10 Å². The number of likely N-dealkylation sites (tertiary alicyclic amines) is 1. The fraction of sp³-hybridized carbons (Fsp3) is 0.682. The molecule has 162 valence electrons. The quantitative estimate of drug-likeness (QED) is 0.674. The Hall–Kier alpha value is -1.60. The molecule has 2 aliphatic rings. The van der Waals surface area contributed by atoms with Gasteiger partial charge in [0.2, 0.25) is 5.91 Å². The third kappa shape index (κ3) is 7.00. The number of benzene rings is 1. The Kier molecular flexibility index (Phi) is 7.57. The maximum absolute atomic E-state index is 12.8. The van der Waals surface area contributed by atoms with Gasteiger partial charge in [0, 0.05) is 26.2 Å². The molecule has 0 radical (unpaired) electrons. The van der Waals surface area contributed by atoms with E-state index in [4.69, 9.17) is 4.74 Å². The average molecular weight is 412 g/mol. The highest BCUT2D eigenvalue weighted by Gasteiger charge is 2.35. The maximum Gasteiger partial charge on any atom is 0.397 e. The molecule has 2 fully saturated rings. The number of rotatable bonds is 7. The second kappa shape index (κ2) is 9.94. The van der Waals surface area contributed by atoms with Crippen LogP contribution in [0.15, 0.2) is 24.3 Å². The van der Waals surface area contributed by atoms with Crippen LogP contribution in [0.25, 0.3) is 0 Å². The van der Waals surface area contributed by atoms with E-state index in [1.54, 1.807) is 0 Å². The van der Waals surface area contributed by atoms with Crippen LogP contribution in [0.3, 0.4) is 0 Å². The Morgan fingerprint density at radius 2 is 1.90 bits per heavy atom. The van der Waals surface area contributed by atoms with Gasteiger partial charge in [0.1, 0.15) is 6.42 Å². The fourth-order valence-electron chi connectivity index (χ4n) is 4.26. The Morgan fingerprint density at radius 1 is 1.17 bits per heavy atom. The minimum Gasteiger partial charge on any atom is -0.376 e. The predicted octanol–water partition coefficient (Wildman–Crippen LogP) is 4.17. The van der Waals surface area contributed by atoms with Crippen molar-refractivity contribution in [1.29, 1.82) is 0 Å². The van der Waals surface area contributed by atoms with Crippen LogP contribution in [-0.2, 0) is 16.1 Å². The molecule has 0 N–H and O–H groups in total. The monoisotopic (exact) mass is 412 g/mol. The first-order valence-corrected chi connectivity index (χ1v) is 10.5. The molecule has 1 atom stereocenters. The summed E-state index contributed by atoms with van der Waals surface area (Å²) in [5, 5.41) is 0. The number of nitrogens with zero attached hydrogens (tertiary/aromatic N) is 2. The number of piperidine rings is 1. The Labute approximate surface area is 171 Å². The molecule has 4 nitrogen and oxygen atoms in total. The summed E-state index contributed by atoms with van der Waals surface area (Å²) in [4.78, 5) is 16.1. The first kappa shape index (κ1) is 22.1. The summed E-state index contributed by atoms with van der Waals surface area (Å²) < 4.78 is 43.9. The van der Waals surface area contributed by atoms with Gasteiger partial charge in [-0.1, -0.05) is 24.3 Å². The molecule has 3 rings (SSSR count). The van der Waals surface area contributed by atoms with Crippen LogP contribution < -0.4 is 0 Å². The van der Waals surface area contributed by atoms with Gasteiger partial charge in [0.25, 0.3) is 0 Å². The molecule has 1 amide bonds. The summed E-state index contributed by atoms with van der Waals surface area (Å²) in [6, 6.07) is 8.33. The fourth-order valence-corrected chi connectivity index (χ4v) is 4.26. The van der Waals surface area contributed by atoms with Crippen molar-refractivity contribution >= 4 is 5.91 Å². The topological polar surface area (TPSA) is 32.8 Å². The van der Waals surface area contributed by atoms with Gasteiger partial charge >= 0.3 is 6.18 Å². The Morgan fingerprint density at radius 3 is 2.52 bits per heavy atom. The van der Waals surface area contributed by atoms with E-state index < -0.39 is 18.5 Å². The number of carbonyl (C=O) groups excluding carboxylic acids is 1. The SMILES string of the molecule is Cc1ccccc1CN1CCC(CN(CC2CCCO2)C(=O)CC(F)(F)F)CC1. The molecule has 0 bridgehead atoms. The lowest BCUT2D eigenvalue weighted by atomic mass is 9.95. The highest BCUT2D eigenvalue weighted by Crippen LogP contribution is 2.25. The molecular weight excluding hydrogens is 381 g/mol. The normalized spacial score (nSPS) is 21.4. The van der Waals surface area contributed by atoms with Crippen LogP contribution in [0.4, 0.5) is 13.2 Å². The molecule has 1 unspecified atom stereocenters. The van der Waals surface area contributed by atoms with E-state index in [1.165, 1.54) is 16.0 Å². The number of ether oxygens (including phenoxy) is 1.